The summed E-state index contributed by atoms with van der Waals surface area (Å²) in [6, 6.07) is 4.88. The Bertz CT molecular complexity index is 644. The highest BCUT2D eigenvalue weighted by Gasteiger charge is 2.18. The number of aryl methyl sites for hydroxylation is 1. The smallest absolute Gasteiger partial charge is 0.242 e. The first-order valence-electron chi connectivity index (χ1n) is 6.38. The van der Waals surface area contributed by atoms with Gasteiger partial charge in [0.15, 0.2) is 0 Å². The number of nitrogens with zero attached hydrogens (tertiary/aromatic N) is 1. The van der Waals surface area contributed by atoms with Crippen LogP contribution in [0.2, 0.25) is 0 Å². The van der Waals surface area contributed by atoms with Crippen molar-refractivity contribution in [3.63, 3.8) is 0 Å². The Morgan fingerprint density at radius 2 is 2.25 bits per heavy atom. The van der Waals surface area contributed by atoms with E-state index in [0.29, 0.717) is 18.0 Å². The molecule has 6 nitrogen and oxygen atoms in total. The fourth-order valence-electron chi connectivity index (χ4n) is 1.92. The van der Waals surface area contributed by atoms with Crippen LogP contribution in [0.25, 0.3) is 0 Å². The standard InChI is InChI=1S/C13H18N2O4S/c1-2-5-15-9-13(7-11(15)10-16)20(17,18)14-8-12-4-3-6-19-12/h3-4,6-7,9,14,16H,2,5,8,10H2,1H3. The van der Waals surface area contributed by atoms with Crippen LogP contribution in [0.5, 0.6) is 0 Å². The third kappa shape index (κ3) is 3.30. The Balaban J connectivity index is 2.16. The highest BCUT2D eigenvalue weighted by molar-refractivity contribution is 7.89. The van der Waals surface area contributed by atoms with Crippen LogP contribution in [0, 0.1) is 0 Å². The number of furan rings is 1. The van der Waals surface area contributed by atoms with Crippen LogP contribution in [-0.4, -0.2) is 18.1 Å². The topological polar surface area (TPSA) is 84.5 Å². The van der Waals surface area contributed by atoms with Gasteiger partial charge in [-0.05, 0) is 24.6 Å². The zero-order valence-electron chi connectivity index (χ0n) is 11.2. The molecule has 2 aromatic rings. The Hall–Kier alpha value is -1.57. The average Bonchev–Trinajstić information content (AvgIpc) is 3.06. The maximum absolute atomic E-state index is 12.2. The van der Waals surface area contributed by atoms with Gasteiger partial charge in [0.05, 0.1) is 24.3 Å². The Kier molecular flexibility index (Phi) is 4.64. The van der Waals surface area contributed by atoms with Gasteiger partial charge in [-0.25, -0.2) is 13.1 Å². The molecule has 0 fully saturated rings. The van der Waals surface area contributed by atoms with E-state index in [1.165, 1.54) is 12.3 Å². The van der Waals surface area contributed by atoms with Crippen molar-refractivity contribution >= 4 is 10.0 Å². The number of sulfonamides is 1. The van der Waals surface area contributed by atoms with Gasteiger partial charge in [0.25, 0.3) is 0 Å². The maximum atomic E-state index is 12.2. The number of aliphatic hydroxyl groups is 1. The minimum atomic E-state index is -3.61. The van der Waals surface area contributed by atoms with E-state index >= 15 is 0 Å². The van der Waals surface area contributed by atoms with Gasteiger partial charge in [0.1, 0.15) is 5.76 Å². The molecule has 20 heavy (non-hydrogen) atoms. The Morgan fingerprint density at radius 1 is 1.45 bits per heavy atom. The molecule has 2 rings (SSSR count). The lowest BCUT2D eigenvalue weighted by molar-refractivity contribution is 0.270. The van der Waals surface area contributed by atoms with E-state index in [1.54, 1.807) is 22.9 Å². The third-order valence-corrected chi connectivity index (χ3v) is 4.28. The molecule has 2 aromatic heterocycles. The third-order valence-electron chi connectivity index (χ3n) is 2.91. The molecule has 0 radical (unpaired) electrons. The molecule has 0 aromatic carbocycles. The van der Waals surface area contributed by atoms with Crippen LogP contribution in [0.15, 0.2) is 40.0 Å². The van der Waals surface area contributed by atoms with Gasteiger partial charge in [-0.1, -0.05) is 6.92 Å². The summed E-state index contributed by atoms with van der Waals surface area (Å²) < 4.78 is 33.6. The van der Waals surface area contributed by atoms with Crippen LogP contribution >= 0.6 is 0 Å². The van der Waals surface area contributed by atoms with E-state index in [2.05, 4.69) is 4.72 Å². The molecule has 0 aliphatic heterocycles. The zero-order valence-corrected chi connectivity index (χ0v) is 12.1. The molecule has 2 N–H and O–H groups in total. The van der Waals surface area contributed by atoms with Crippen molar-refractivity contribution in [2.45, 2.75) is 37.9 Å². The van der Waals surface area contributed by atoms with Crippen molar-refractivity contribution in [1.29, 1.82) is 0 Å². The molecule has 0 aliphatic carbocycles. The minimum Gasteiger partial charge on any atom is -0.468 e. The molecular formula is C13H18N2O4S. The molecular weight excluding hydrogens is 280 g/mol. The predicted octanol–water partition coefficient (Wildman–Crippen LogP) is 1.46. The quantitative estimate of drug-likeness (QED) is 0.810. The molecule has 2 heterocycles. The second-order valence-corrected chi connectivity index (χ2v) is 6.19. The minimum absolute atomic E-state index is 0.0999. The number of nitrogens with one attached hydrogen (secondary N) is 1. The summed E-state index contributed by atoms with van der Waals surface area (Å²) >= 11 is 0. The van der Waals surface area contributed by atoms with E-state index in [9.17, 15) is 13.5 Å². The SMILES string of the molecule is CCCn1cc(S(=O)(=O)NCc2ccco2)cc1CO. The molecule has 0 aliphatic rings. The molecule has 0 atom stereocenters. The lowest BCUT2D eigenvalue weighted by Gasteiger charge is -2.04. The summed E-state index contributed by atoms with van der Waals surface area (Å²) in [6.07, 6.45) is 3.89. The second-order valence-electron chi connectivity index (χ2n) is 4.42. The molecule has 0 saturated heterocycles. The molecule has 0 unspecified atom stereocenters. The highest BCUT2D eigenvalue weighted by atomic mass is 32.2. The Labute approximate surface area is 118 Å². The van der Waals surface area contributed by atoms with Crippen LogP contribution in [-0.2, 0) is 29.7 Å². The lowest BCUT2D eigenvalue weighted by Crippen LogP contribution is -2.22. The van der Waals surface area contributed by atoms with Crippen LogP contribution < -0.4 is 4.72 Å². The van der Waals surface area contributed by atoms with Gasteiger partial charge in [0.2, 0.25) is 10.0 Å². The maximum Gasteiger partial charge on any atom is 0.242 e. The summed E-state index contributed by atoms with van der Waals surface area (Å²) in [6.45, 7) is 2.57. The van der Waals surface area contributed by atoms with Gasteiger partial charge < -0.3 is 14.1 Å². The van der Waals surface area contributed by atoms with E-state index < -0.39 is 10.0 Å². The first-order valence-corrected chi connectivity index (χ1v) is 7.87. The largest absolute Gasteiger partial charge is 0.468 e. The summed E-state index contributed by atoms with van der Waals surface area (Å²) in [5.41, 5.74) is 0.588. The normalized spacial score (nSPS) is 11.9. The van der Waals surface area contributed by atoms with Crippen molar-refractivity contribution < 1.29 is 17.9 Å². The zero-order chi connectivity index (χ0) is 14.6. The van der Waals surface area contributed by atoms with Crippen molar-refractivity contribution in [3.8, 4) is 0 Å². The first kappa shape index (κ1) is 14.8. The van der Waals surface area contributed by atoms with Gasteiger partial charge >= 0.3 is 0 Å². The summed E-state index contributed by atoms with van der Waals surface area (Å²) in [5, 5.41) is 9.25. The molecule has 0 spiro atoms. The second kappa shape index (κ2) is 6.25. The molecule has 0 bridgehead atoms. The van der Waals surface area contributed by atoms with Gasteiger partial charge in [0, 0.05) is 18.4 Å². The van der Waals surface area contributed by atoms with Crippen molar-refractivity contribution in [2.24, 2.45) is 0 Å². The van der Waals surface area contributed by atoms with Crippen LogP contribution in [0.4, 0.5) is 0 Å². The van der Waals surface area contributed by atoms with E-state index in [0.717, 1.165) is 6.42 Å². The van der Waals surface area contributed by atoms with Gasteiger partial charge in [-0.15, -0.1) is 0 Å². The Morgan fingerprint density at radius 3 is 2.85 bits per heavy atom. The van der Waals surface area contributed by atoms with Crippen molar-refractivity contribution in [1.82, 2.24) is 9.29 Å². The van der Waals surface area contributed by atoms with Crippen molar-refractivity contribution in [3.05, 3.63) is 42.1 Å². The monoisotopic (exact) mass is 298 g/mol. The molecule has 110 valence electrons. The molecule has 0 saturated carbocycles. The molecule has 0 amide bonds. The fourth-order valence-corrected chi connectivity index (χ4v) is 2.97. The van der Waals surface area contributed by atoms with Crippen LogP contribution in [0.3, 0.4) is 0 Å². The number of aromatic nitrogens is 1. The lowest BCUT2D eigenvalue weighted by atomic mass is 10.4. The number of hydrogen-bond donors (Lipinski definition) is 2. The van der Waals surface area contributed by atoms with Gasteiger partial charge in [-0.2, -0.15) is 0 Å². The van der Waals surface area contributed by atoms with E-state index in [1.807, 2.05) is 6.92 Å². The average molecular weight is 298 g/mol. The summed E-state index contributed by atoms with van der Waals surface area (Å²) in [4.78, 5) is 0.154. The number of rotatable bonds is 7. The van der Waals surface area contributed by atoms with E-state index in [4.69, 9.17) is 4.42 Å². The van der Waals surface area contributed by atoms with E-state index in [-0.39, 0.29) is 18.0 Å². The highest BCUT2D eigenvalue weighted by Crippen LogP contribution is 2.15. The summed E-state index contributed by atoms with van der Waals surface area (Å²) in [7, 11) is -3.61. The number of aliphatic hydroxyl groups excluding tert-OH is 1. The van der Waals surface area contributed by atoms with Crippen molar-refractivity contribution in [2.75, 3.05) is 0 Å². The summed E-state index contributed by atoms with van der Waals surface area (Å²) in [5.74, 6) is 0.545. The number of hydrogen-bond acceptors (Lipinski definition) is 4. The first-order chi connectivity index (χ1) is 9.56. The molecule has 7 heteroatoms. The fraction of sp³-hybridized carbons (Fsp3) is 0.385. The predicted molar refractivity (Wildman–Crippen MR) is 73.4 cm³/mol. The van der Waals surface area contributed by atoms with Crippen LogP contribution in [0.1, 0.15) is 24.8 Å². The van der Waals surface area contributed by atoms with Gasteiger partial charge in [-0.3, -0.25) is 0 Å².